The molecule has 1 aromatic carbocycles. The lowest BCUT2D eigenvalue weighted by Gasteiger charge is -2.05. The van der Waals surface area contributed by atoms with Crippen molar-refractivity contribution in [3.8, 4) is 5.75 Å². The van der Waals surface area contributed by atoms with Gasteiger partial charge < -0.3 is 4.74 Å². The Morgan fingerprint density at radius 1 is 1.22 bits per heavy atom. The number of ketones is 1. The summed E-state index contributed by atoms with van der Waals surface area (Å²) in [5.74, 6) is 0.956. The SMILES string of the molecule is Cc1ccsc1C(=O)c1ccc(OC2CC2)cc1. The van der Waals surface area contributed by atoms with E-state index in [1.54, 1.807) is 0 Å². The van der Waals surface area contributed by atoms with Gasteiger partial charge in [-0.15, -0.1) is 11.3 Å². The first-order valence-electron chi connectivity index (χ1n) is 6.09. The average molecular weight is 258 g/mol. The number of carbonyl (C=O) groups is 1. The van der Waals surface area contributed by atoms with Crippen molar-refractivity contribution in [2.45, 2.75) is 25.9 Å². The zero-order chi connectivity index (χ0) is 12.5. The van der Waals surface area contributed by atoms with E-state index in [1.165, 1.54) is 11.3 Å². The Morgan fingerprint density at radius 2 is 1.94 bits per heavy atom. The Hall–Kier alpha value is -1.61. The van der Waals surface area contributed by atoms with Gasteiger partial charge in [0, 0.05) is 5.56 Å². The van der Waals surface area contributed by atoms with Crippen molar-refractivity contribution in [3.63, 3.8) is 0 Å². The van der Waals surface area contributed by atoms with Crippen LogP contribution in [-0.4, -0.2) is 11.9 Å². The smallest absolute Gasteiger partial charge is 0.203 e. The maximum absolute atomic E-state index is 12.2. The van der Waals surface area contributed by atoms with E-state index in [0.717, 1.165) is 34.6 Å². The number of aryl methyl sites for hydroxylation is 1. The molecule has 0 aliphatic heterocycles. The van der Waals surface area contributed by atoms with Crippen LogP contribution in [0.2, 0.25) is 0 Å². The summed E-state index contributed by atoms with van der Waals surface area (Å²) in [6.45, 7) is 1.97. The molecule has 0 unspecified atom stereocenters. The van der Waals surface area contributed by atoms with Gasteiger partial charge in [-0.1, -0.05) is 0 Å². The summed E-state index contributed by atoms with van der Waals surface area (Å²) >= 11 is 1.50. The van der Waals surface area contributed by atoms with Crippen LogP contribution in [0.5, 0.6) is 5.75 Å². The Labute approximate surface area is 110 Å². The molecule has 3 rings (SSSR count). The van der Waals surface area contributed by atoms with Crippen molar-refractivity contribution in [2.24, 2.45) is 0 Å². The average Bonchev–Trinajstić information content (AvgIpc) is 3.09. The molecular formula is C15H14O2S. The van der Waals surface area contributed by atoms with Gasteiger partial charge in [-0.25, -0.2) is 0 Å². The molecule has 0 bridgehead atoms. The van der Waals surface area contributed by atoms with Gasteiger partial charge in [0.05, 0.1) is 11.0 Å². The molecule has 1 aliphatic carbocycles. The maximum atomic E-state index is 12.2. The van der Waals surface area contributed by atoms with Gasteiger partial charge in [-0.3, -0.25) is 4.79 Å². The molecule has 1 saturated carbocycles. The van der Waals surface area contributed by atoms with Gasteiger partial charge in [0.1, 0.15) is 5.75 Å². The fourth-order valence-electron chi connectivity index (χ4n) is 1.80. The topological polar surface area (TPSA) is 26.3 Å². The highest BCUT2D eigenvalue weighted by molar-refractivity contribution is 7.12. The third kappa shape index (κ3) is 2.31. The molecule has 0 spiro atoms. The molecule has 0 atom stereocenters. The van der Waals surface area contributed by atoms with E-state index in [-0.39, 0.29) is 5.78 Å². The minimum absolute atomic E-state index is 0.0977. The molecule has 1 heterocycles. The fraction of sp³-hybridized carbons (Fsp3) is 0.267. The van der Waals surface area contributed by atoms with Gasteiger partial charge in [-0.05, 0) is 61.0 Å². The lowest BCUT2D eigenvalue weighted by atomic mass is 10.1. The molecule has 0 radical (unpaired) electrons. The van der Waals surface area contributed by atoms with Gasteiger partial charge in [0.15, 0.2) is 0 Å². The number of rotatable bonds is 4. The minimum atomic E-state index is 0.0977. The normalized spacial score (nSPS) is 14.5. The third-order valence-electron chi connectivity index (χ3n) is 3.01. The molecule has 1 aliphatic rings. The summed E-state index contributed by atoms with van der Waals surface area (Å²) in [5.41, 5.74) is 1.77. The summed E-state index contributed by atoms with van der Waals surface area (Å²) in [7, 11) is 0. The highest BCUT2D eigenvalue weighted by Gasteiger charge is 2.23. The molecule has 1 fully saturated rings. The second kappa shape index (κ2) is 4.58. The van der Waals surface area contributed by atoms with Crippen molar-refractivity contribution in [3.05, 3.63) is 51.7 Å². The van der Waals surface area contributed by atoms with Crippen LogP contribution in [0.15, 0.2) is 35.7 Å². The number of carbonyl (C=O) groups excluding carboxylic acids is 1. The third-order valence-corrected chi connectivity index (χ3v) is 4.03. The molecule has 3 heteroatoms. The summed E-state index contributed by atoms with van der Waals surface area (Å²) in [6, 6.07) is 9.43. The molecule has 0 amide bonds. The van der Waals surface area contributed by atoms with Crippen molar-refractivity contribution in [2.75, 3.05) is 0 Å². The van der Waals surface area contributed by atoms with E-state index < -0.39 is 0 Å². The molecule has 2 nitrogen and oxygen atoms in total. The van der Waals surface area contributed by atoms with Gasteiger partial charge >= 0.3 is 0 Å². The van der Waals surface area contributed by atoms with Crippen molar-refractivity contribution in [1.82, 2.24) is 0 Å². The predicted molar refractivity (Wildman–Crippen MR) is 72.6 cm³/mol. The monoisotopic (exact) mass is 258 g/mol. The molecular weight excluding hydrogens is 244 g/mol. The van der Waals surface area contributed by atoms with E-state index in [9.17, 15) is 4.79 Å². The molecule has 0 N–H and O–H groups in total. The van der Waals surface area contributed by atoms with Crippen LogP contribution in [0, 0.1) is 6.92 Å². The highest BCUT2D eigenvalue weighted by atomic mass is 32.1. The summed E-state index contributed by atoms with van der Waals surface area (Å²) in [5, 5.41) is 1.95. The fourth-order valence-corrected chi connectivity index (χ4v) is 2.69. The van der Waals surface area contributed by atoms with Crippen LogP contribution in [0.1, 0.15) is 33.6 Å². The van der Waals surface area contributed by atoms with E-state index in [1.807, 2.05) is 42.6 Å². The molecule has 2 aromatic rings. The first-order valence-corrected chi connectivity index (χ1v) is 6.97. The molecule has 92 valence electrons. The van der Waals surface area contributed by atoms with Gasteiger partial charge in [0.2, 0.25) is 5.78 Å². The molecule has 18 heavy (non-hydrogen) atoms. The van der Waals surface area contributed by atoms with Crippen LogP contribution >= 0.6 is 11.3 Å². The lowest BCUT2D eigenvalue weighted by molar-refractivity contribution is 0.104. The second-order valence-electron chi connectivity index (χ2n) is 4.60. The van der Waals surface area contributed by atoms with E-state index in [2.05, 4.69) is 0 Å². The Bertz CT molecular complexity index is 564. The number of ether oxygens (including phenoxy) is 1. The predicted octanol–water partition coefficient (Wildman–Crippen LogP) is 3.83. The van der Waals surface area contributed by atoms with E-state index in [0.29, 0.717) is 6.10 Å². The lowest BCUT2D eigenvalue weighted by Crippen LogP contribution is -2.01. The highest BCUT2D eigenvalue weighted by Crippen LogP contribution is 2.27. The second-order valence-corrected chi connectivity index (χ2v) is 5.52. The Kier molecular flexibility index (Phi) is 2.92. The molecule has 0 saturated heterocycles. The van der Waals surface area contributed by atoms with Gasteiger partial charge in [0.25, 0.3) is 0 Å². The van der Waals surface area contributed by atoms with Crippen molar-refractivity contribution >= 4 is 17.1 Å². The summed E-state index contributed by atoms with van der Waals surface area (Å²) in [4.78, 5) is 13.1. The molecule has 1 aromatic heterocycles. The summed E-state index contributed by atoms with van der Waals surface area (Å²) in [6.07, 6.45) is 2.69. The zero-order valence-corrected chi connectivity index (χ0v) is 11.0. The summed E-state index contributed by atoms with van der Waals surface area (Å²) < 4.78 is 5.67. The Morgan fingerprint density at radius 3 is 2.50 bits per heavy atom. The number of thiophene rings is 1. The van der Waals surface area contributed by atoms with Crippen LogP contribution < -0.4 is 4.74 Å². The van der Waals surface area contributed by atoms with Crippen LogP contribution in [0.4, 0.5) is 0 Å². The van der Waals surface area contributed by atoms with Gasteiger partial charge in [-0.2, -0.15) is 0 Å². The number of hydrogen-bond acceptors (Lipinski definition) is 3. The van der Waals surface area contributed by atoms with Crippen molar-refractivity contribution < 1.29 is 9.53 Å². The maximum Gasteiger partial charge on any atom is 0.203 e. The largest absolute Gasteiger partial charge is 0.490 e. The quantitative estimate of drug-likeness (QED) is 0.779. The van der Waals surface area contributed by atoms with Crippen LogP contribution in [-0.2, 0) is 0 Å². The first kappa shape index (κ1) is 11.5. The van der Waals surface area contributed by atoms with E-state index >= 15 is 0 Å². The number of hydrogen-bond donors (Lipinski definition) is 0. The van der Waals surface area contributed by atoms with Crippen LogP contribution in [0.3, 0.4) is 0 Å². The van der Waals surface area contributed by atoms with Crippen LogP contribution in [0.25, 0.3) is 0 Å². The van der Waals surface area contributed by atoms with E-state index in [4.69, 9.17) is 4.74 Å². The van der Waals surface area contributed by atoms with Crippen molar-refractivity contribution in [1.29, 1.82) is 0 Å². The standard InChI is InChI=1S/C15H14O2S/c1-10-8-9-18-15(10)14(16)11-2-4-12(5-3-11)17-13-6-7-13/h2-5,8-9,13H,6-7H2,1H3. The minimum Gasteiger partial charge on any atom is -0.490 e. The zero-order valence-electron chi connectivity index (χ0n) is 10.2. The Balaban J connectivity index is 1.79. The first-order chi connectivity index (χ1) is 8.74. The number of benzene rings is 1.